The van der Waals surface area contributed by atoms with Crippen LogP contribution in [0.2, 0.25) is 0 Å². The zero-order valence-corrected chi connectivity index (χ0v) is 12.4. The van der Waals surface area contributed by atoms with E-state index in [0.717, 1.165) is 11.3 Å². The summed E-state index contributed by atoms with van der Waals surface area (Å²) in [5.41, 5.74) is 0. The molecular weight excluding hydrogens is 342 g/mol. The molecule has 1 N–H and O–H groups in total. The molecule has 1 aliphatic rings. The van der Waals surface area contributed by atoms with Gasteiger partial charge in [-0.2, -0.15) is 4.31 Å². The molecule has 0 aliphatic carbocycles. The van der Waals surface area contributed by atoms with E-state index in [9.17, 15) is 13.2 Å². The van der Waals surface area contributed by atoms with Gasteiger partial charge in [0.1, 0.15) is 9.77 Å². The predicted molar refractivity (Wildman–Crippen MR) is 71.5 cm³/mol. The molecule has 18 heavy (non-hydrogen) atoms. The highest BCUT2D eigenvalue weighted by atomic mass is 79.9. The Labute approximate surface area is 117 Å². The summed E-state index contributed by atoms with van der Waals surface area (Å²) in [4.78, 5) is 10.9. The van der Waals surface area contributed by atoms with E-state index >= 15 is 0 Å². The lowest BCUT2D eigenvalue weighted by molar-refractivity contribution is 0.0702. The van der Waals surface area contributed by atoms with Crippen molar-refractivity contribution in [3.05, 3.63) is 26.9 Å². The van der Waals surface area contributed by atoms with Gasteiger partial charge in [0.25, 0.3) is 0 Å². The Morgan fingerprint density at radius 2 is 2.17 bits per heavy atom. The number of hydrogen-bond acceptors (Lipinski definition) is 4. The molecule has 0 fully saturated rings. The number of carboxylic acid groups (broad SMARTS) is 1. The van der Waals surface area contributed by atoms with Crippen LogP contribution in [0.15, 0.2) is 26.9 Å². The monoisotopic (exact) mass is 351 g/mol. The maximum absolute atomic E-state index is 12.3. The third-order valence-corrected chi connectivity index (χ3v) is 6.61. The van der Waals surface area contributed by atoms with Crippen molar-refractivity contribution >= 4 is 43.3 Å². The number of carboxylic acids is 1. The van der Waals surface area contributed by atoms with Crippen molar-refractivity contribution in [2.45, 2.75) is 11.3 Å². The van der Waals surface area contributed by atoms with Gasteiger partial charge in [-0.3, -0.25) is 0 Å². The average Bonchev–Trinajstić information content (AvgIpc) is 2.73. The molecular formula is C10H10BrNO4S2. The first-order valence-corrected chi connectivity index (χ1v) is 8.15. The van der Waals surface area contributed by atoms with Crippen LogP contribution >= 0.6 is 27.3 Å². The van der Waals surface area contributed by atoms with Gasteiger partial charge in [-0.15, -0.1) is 11.3 Å². The first-order valence-electron chi connectivity index (χ1n) is 5.10. The van der Waals surface area contributed by atoms with Crippen LogP contribution in [0.5, 0.6) is 0 Å². The van der Waals surface area contributed by atoms with Crippen molar-refractivity contribution in [1.82, 2.24) is 4.31 Å². The number of aromatic carboxylic acids is 1. The largest absolute Gasteiger partial charge is 0.477 e. The van der Waals surface area contributed by atoms with Crippen molar-refractivity contribution in [1.29, 1.82) is 0 Å². The maximum atomic E-state index is 12.3. The molecule has 0 saturated carbocycles. The van der Waals surface area contributed by atoms with Gasteiger partial charge in [-0.05, 0) is 28.4 Å². The van der Waals surface area contributed by atoms with Crippen LogP contribution in [0.25, 0.3) is 0 Å². The molecule has 2 rings (SSSR count). The molecule has 0 bridgehead atoms. The Morgan fingerprint density at radius 1 is 1.44 bits per heavy atom. The second-order valence-electron chi connectivity index (χ2n) is 3.68. The maximum Gasteiger partial charge on any atom is 0.345 e. The van der Waals surface area contributed by atoms with E-state index in [4.69, 9.17) is 5.11 Å². The van der Waals surface area contributed by atoms with Crippen molar-refractivity contribution in [3.8, 4) is 0 Å². The van der Waals surface area contributed by atoms with E-state index in [0.29, 0.717) is 23.3 Å². The highest BCUT2D eigenvalue weighted by molar-refractivity contribution is 9.11. The van der Waals surface area contributed by atoms with Crippen molar-refractivity contribution in [2.75, 3.05) is 13.1 Å². The fourth-order valence-corrected chi connectivity index (χ4v) is 5.37. The van der Waals surface area contributed by atoms with Gasteiger partial charge in [0.2, 0.25) is 10.0 Å². The van der Waals surface area contributed by atoms with E-state index in [2.05, 4.69) is 15.9 Å². The first kappa shape index (κ1) is 13.7. The zero-order valence-electron chi connectivity index (χ0n) is 9.17. The Kier molecular flexibility index (Phi) is 3.90. The third kappa shape index (κ3) is 2.51. The molecule has 8 heteroatoms. The second kappa shape index (κ2) is 5.12. The molecule has 1 aromatic rings. The van der Waals surface area contributed by atoms with Gasteiger partial charge in [0.15, 0.2) is 0 Å². The number of halogens is 1. The standard InChI is InChI=1S/C10H10BrNO4S2/c11-9-8(6-7(17-9)10(13)14)18(15,16)12-4-2-1-3-5-12/h1-2,6H,3-5H2,(H,13,14). The minimum atomic E-state index is -3.62. The number of nitrogens with zero attached hydrogens (tertiary/aromatic N) is 1. The predicted octanol–water partition coefficient (Wildman–Crippen LogP) is 2.16. The Morgan fingerprint density at radius 3 is 2.67 bits per heavy atom. The van der Waals surface area contributed by atoms with Crippen LogP contribution in [-0.2, 0) is 10.0 Å². The van der Waals surface area contributed by atoms with E-state index in [1.165, 1.54) is 10.4 Å². The molecule has 0 atom stereocenters. The number of hydrogen-bond donors (Lipinski definition) is 1. The first-order chi connectivity index (χ1) is 8.43. The van der Waals surface area contributed by atoms with Crippen LogP contribution in [0.4, 0.5) is 0 Å². The fraction of sp³-hybridized carbons (Fsp3) is 0.300. The van der Waals surface area contributed by atoms with Gasteiger partial charge >= 0.3 is 5.97 Å². The van der Waals surface area contributed by atoms with E-state index < -0.39 is 16.0 Å². The number of rotatable bonds is 3. The van der Waals surface area contributed by atoms with E-state index in [1.54, 1.807) is 6.08 Å². The molecule has 0 radical (unpaired) electrons. The summed E-state index contributed by atoms with van der Waals surface area (Å²) in [6, 6.07) is 1.20. The summed E-state index contributed by atoms with van der Waals surface area (Å²) in [5, 5.41) is 8.87. The minimum absolute atomic E-state index is 0.00741. The number of sulfonamides is 1. The minimum Gasteiger partial charge on any atom is -0.477 e. The molecule has 5 nitrogen and oxygen atoms in total. The number of carbonyl (C=O) groups is 1. The third-order valence-electron chi connectivity index (χ3n) is 2.50. The normalized spacial score (nSPS) is 16.9. The van der Waals surface area contributed by atoms with Crippen molar-refractivity contribution in [2.24, 2.45) is 0 Å². The molecule has 1 aromatic heterocycles. The van der Waals surface area contributed by atoms with Crippen LogP contribution in [-0.4, -0.2) is 36.9 Å². The SMILES string of the molecule is O=C(O)c1cc(S(=O)(=O)N2CC=CCC2)c(Br)s1. The van der Waals surface area contributed by atoms with Crippen LogP contribution in [0, 0.1) is 0 Å². The fourth-order valence-electron chi connectivity index (χ4n) is 1.61. The van der Waals surface area contributed by atoms with Gasteiger partial charge in [0.05, 0.1) is 3.79 Å². The summed E-state index contributed by atoms with van der Waals surface area (Å²) in [6.45, 7) is 0.747. The van der Waals surface area contributed by atoms with Crippen LogP contribution in [0.3, 0.4) is 0 Å². The van der Waals surface area contributed by atoms with Gasteiger partial charge < -0.3 is 5.11 Å². The summed E-state index contributed by atoms with van der Waals surface area (Å²) in [7, 11) is -3.62. The molecule has 0 saturated heterocycles. The molecule has 2 heterocycles. The molecule has 0 unspecified atom stereocenters. The van der Waals surface area contributed by atoms with Gasteiger partial charge in [0, 0.05) is 13.1 Å². The molecule has 1 aliphatic heterocycles. The summed E-state index contributed by atoms with van der Waals surface area (Å²) in [5.74, 6) is -1.12. The lowest BCUT2D eigenvalue weighted by atomic mass is 10.3. The topological polar surface area (TPSA) is 74.7 Å². The molecule has 98 valence electrons. The van der Waals surface area contributed by atoms with Crippen LogP contribution < -0.4 is 0 Å². The summed E-state index contributed by atoms with van der Waals surface area (Å²) in [6.07, 6.45) is 4.39. The molecule has 0 amide bonds. The van der Waals surface area contributed by atoms with Gasteiger partial charge in [-0.25, -0.2) is 13.2 Å². The Bertz CT molecular complexity index is 605. The second-order valence-corrected chi connectivity index (χ2v) is 7.95. The Balaban J connectivity index is 2.41. The Hall–Kier alpha value is -0.700. The average molecular weight is 352 g/mol. The lowest BCUT2D eigenvalue weighted by Crippen LogP contribution is -2.33. The zero-order chi connectivity index (χ0) is 13.3. The van der Waals surface area contributed by atoms with Crippen molar-refractivity contribution in [3.63, 3.8) is 0 Å². The quantitative estimate of drug-likeness (QED) is 0.846. The summed E-state index contributed by atoms with van der Waals surface area (Å²) < 4.78 is 26.3. The lowest BCUT2D eigenvalue weighted by Gasteiger charge is -2.22. The van der Waals surface area contributed by atoms with Gasteiger partial charge in [-0.1, -0.05) is 12.2 Å². The van der Waals surface area contributed by atoms with Crippen molar-refractivity contribution < 1.29 is 18.3 Å². The molecule has 0 aromatic carbocycles. The highest BCUT2D eigenvalue weighted by Gasteiger charge is 2.29. The summed E-state index contributed by atoms with van der Waals surface area (Å²) >= 11 is 4.03. The molecule has 0 spiro atoms. The number of thiophene rings is 1. The van der Waals surface area contributed by atoms with E-state index in [1.807, 2.05) is 6.08 Å². The van der Waals surface area contributed by atoms with E-state index in [-0.39, 0.29) is 9.77 Å². The van der Waals surface area contributed by atoms with Crippen LogP contribution in [0.1, 0.15) is 16.1 Å². The highest BCUT2D eigenvalue weighted by Crippen LogP contribution is 2.33. The smallest absolute Gasteiger partial charge is 0.345 e.